The van der Waals surface area contributed by atoms with E-state index >= 15 is 0 Å². The van der Waals surface area contributed by atoms with E-state index in [4.69, 9.17) is 9.47 Å². The minimum Gasteiger partial charge on any atom is -0.444 e. The lowest BCUT2D eigenvalue weighted by Crippen LogP contribution is -2.36. The lowest BCUT2D eigenvalue weighted by Gasteiger charge is -2.26. The van der Waals surface area contributed by atoms with Crippen molar-refractivity contribution >= 4 is 22.0 Å². The van der Waals surface area contributed by atoms with Gasteiger partial charge in [0.25, 0.3) is 0 Å². The number of hydrogen-bond acceptors (Lipinski definition) is 4. The monoisotopic (exact) mass is 342 g/mol. The van der Waals surface area contributed by atoms with Crippen LogP contribution < -0.4 is 5.32 Å². The molecule has 6 heteroatoms. The van der Waals surface area contributed by atoms with Crippen molar-refractivity contribution in [1.82, 2.24) is 10.3 Å². The Morgan fingerprint density at radius 2 is 2.30 bits per heavy atom. The average Bonchev–Trinajstić information content (AvgIpc) is 2.33. The second kappa shape index (κ2) is 6.10. The molecule has 1 amide bonds. The van der Waals surface area contributed by atoms with Crippen LogP contribution in [-0.2, 0) is 16.1 Å². The van der Waals surface area contributed by atoms with Crippen molar-refractivity contribution in [3.8, 4) is 0 Å². The Kier molecular flexibility index (Phi) is 4.65. The van der Waals surface area contributed by atoms with Crippen molar-refractivity contribution in [2.24, 2.45) is 0 Å². The fourth-order valence-corrected chi connectivity index (χ4v) is 2.40. The van der Waals surface area contributed by atoms with Crippen molar-refractivity contribution in [2.45, 2.75) is 38.9 Å². The van der Waals surface area contributed by atoms with Gasteiger partial charge in [0.1, 0.15) is 10.2 Å². The minimum absolute atomic E-state index is 0.104. The molecule has 0 saturated carbocycles. The summed E-state index contributed by atoms with van der Waals surface area (Å²) in [5.74, 6) is 0.104. The van der Waals surface area contributed by atoms with Crippen LogP contribution >= 0.6 is 15.9 Å². The summed E-state index contributed by atoms with van der Waals surface area (Å²) in [6.07, 6.45) is -0.408. The van der Waals surface area contributed by atoms with Gasteiger partial charge in [-0.2, -0.15) is 0 Å². The van der Waals surface area contributed by atoms with E-state index in [9.17, 15) is 4.79 Å². The number of pyridine rings is 1. The van der Waals surface area contributed by atoms with Gasteiger partial charge >= 0.3 is 6.09 Å². The predicted molar refractivity (Wildman–Crippen MR) is 78.6 cm³/mol. The smallest absolute Gasteiger partial charge is 0.407 e. The Bertz CT molecular complexity index is 500. The quantitative estimate of drug-likeness (QED) is 0.839. The van der Waals surface area contributed by atoms with E-state index in [1.807, 2.05) is 32.9 Å². The Hall–Kier alpha value is -1.14. The summed E-state index contributed by atoms with van der Waals surface area (Å²) in [5, 5.41) is 2.78. The minimum atomic E-state index is -0.489. The predicted octanol–water partition coefficient (Wildman–Crippen LogP) is 2.98. The molecule has 0 bridgehead atoms. The highest BCUT2D eigenvalue weighted by atomic mass is 79.9. The molecule has 0 radical (unpaired) electrons. The Balaban J connectivity index is 1.97. The summed E-state index contributed by atoms with van der Waals surface area (Å²) in [4.78, 5) is 16.1. The Labute approximate surface area is 127 Å². The largest absolute Gasteiger partial charge is 0.444 e. The highest BCUT2D eigenvalue weighted by molar-refractivity contribution is 9.10. The number of carbonyl (C=O) groups excluding carboxylic acids is 1. The van der Waals surface area contributed by atoms with E-state index in [1.165, 1.54) is 0 Å². The topological polar surface area (TPSA) is 60.5 Å². The molecule has 0 aromatic carbocycles. The van der Waals surface area contributed by atoms with Gasteiger partial charge in [0.05, 0.1) is 18.9 Å². The van der Waals surface area contributed by atoms with E-state index < -0.39 is 11.7 Å². The first-order valence-corrected chi connectivity index (χ1v) is 7.34. The molecule has 5 nitrogen and oxygen atoms in total. The summed E-state index contributed by atoms with van der Waals surface area (Å²) in [7, 11) is 0. The van der Waals surface area contributed by atoms with Gasteiger partial charge in [-0.15, -0.1) is 0 Å². The Morgan fingerprint density at radius 3 is 3.00 bits per heavy atom. The van der Waals surface area contributed by atoms with Crippen molar-refractivity contribution < 1.29 is 14.3 Å². The van der Waals surface area contributed by atoms with Crippen LogP contribution in [0.4, 0.5) is 4.79 Å². The van der Waals surface area contributed by atoms with Crippen LogP contribution in [0.15, 0.2) is 16.7 Å². The number of nitrogens with one attached hydrogen (secondary N) is 1. The van der Waals surface area contributed by atoms with Gasteiger partial charge in [-0.3, -0.25) is 0 Å². The van der Waals surface area contributed by atoms with E-state index in [0.29, 0.717) is 19.8 Å². The molecule has 1 aliphatic rings. The molecule has 0 saturated heterocycles. The maximum absolute atomic E-state index is 11.7. The molecule has 0 fully saturated rings. The van der Waals surface area contributed by atoms with Crippen LogP contribution in [0.1, 0.15) is 37.9 Å². The van der Waals surface area contributed by atoms with Gasteiger partial charge in [0, 0.05) is 12.5 Å². The zero-order valence-electron chi connectivity index (χ0n) is 11.9. The summed E-state index contributed by atoms with van der Waals surface area (Å²) >= 11 is 3.35. The molecule has 0 aliphatic carbocycles. The summed E-state index contributed by atoms with van der Waals surface area (Å²) < 4.78 is 11.5. The zero-order chi connectivity index (χ0) is 14.8. The molecule has 1 unspecified atom stereocenters. The van der Waals surface area contributed by atoms with Crippen molar-refractivity contribution in [3.05, 3.63) is 28.0 Å². The second-order valence-corrected chi connectivity index (χ2v) is 6.58. The zero-order valence-corrected chi connectivity index (χ0v) is 13.5. The lowest BCUT2D eigenvalue weighted by molar-refractivity contribution is 0.0496. The summed E-state index contributed by atoms with van der Waals surface area (Å²) in [6, 6.07) is 3.93. The van der Waals surface area contributed by atoms with Crippen molar-refractivity contribution in [2.75, 3.05) is 13.2 Å². The van der Waals surface area contributed by atoms with Crippen LogP contribution in [-0.4, -0.2) is 29.8 Å². The molecule has 0 spiro atoms. The van der Waals surface area contributed by atoms with Crippen molar-refractivity contribution in [3.63, 3.8) is 0 Å². The molecule has 20 heavy (non-hydrogen) atoms. The summed E-state index contributed by atoms with van der Waals surface area (Å²) in [5.41, 5.74) is 1.55. The van der Waals surface area contributed by atoms with Crippen LogP contribution in [0.5, 0.6) is 0 Å². The number of fused-ring (bicyclic) bond motifs is 1. The molecular weight excluding hydrogens is 324 g/mol. The van der Waals surface area contributed by atoms with Gasteiger partial charge in [-0.1, -0.05) is 6.07 Å². The molecule has 1 aromatic rings. The SMILES string of the molecule is CC(C)(C)OC(=O)NCC1COCc2nc(Br)ccc21. The van der Waals surface area contributed by atoms with Gasteiger partial charge in [-0.05, 0) is 48.3 Å². The number of nitrogens with zero attached hydrogens (tertiary/aromatic N) is 1. The average molecular weight is 343 g/mol. The fourth-order valence-electron chi connectivity index (χ4n) is 2.05. The fraction of sp³-hybridized carbons (Fsp3) is 0.571. The molecule has 110 valence electrons. The first-order chi connectivity index (χ1) is 9.35. The van der Waals surface area contributed by atoms with Gasteiger partial charge in [0.15, 0.2) is 0 Å². The van der Waals surface area contributed by atoms with Crippen molar-refractivity contribution in [1.29, 1.82) is 0 Å². The molecule has 1 atom stereocenters. The van der Waals surface area contributed by atoms with E-state index in [0.717, 1.165) is 15.9 Å². The molecular formula is C14H19BrN2O3. The van der Waals surface area contributed by atoms with Crippen LogP contribution in [0.25, 0.3) is 0 Å². The third-order valence-corrected chi connectivity index (χ3v) is 3.31. The molecule has 1 aromatic heterocycles. The number of ether oxygens (including phenoxy) is 2. The van der Waals surface area contributed by atoms with Crippen LogP contribution in [0.2, 0.25) is 0 Å². The molecule has 1 aliphatic heterocycles. The molecule has 2 rings (SSSR count). The number of carbonyl (C=O) groups is 1. The highest BCUT2D eigenvalue weighted by Gasteiger charge is 2.23. The number of rotatable bonds is 2. The number of alkyl carbamates (subject to hydrolysis) is 1. The third kappa shape index (κ3) is 4.18. The van der Waals surface area contributed by atoms with Gasteiger partial charge in [-0.25, -0.2) is 9.78 Å². The number of aromatic nitrogens is 1. The van der Waals surface area contributed by atoms with Crippen LogP contribution in [0.3, 0.4) is 0 Å². The Morgan fingerprint density at radius 1 is 1.55 bits per heavy atom. The van der Waals surface area contributed by atoms with Gasteiger partial charge < -0.3 is 14.8 Å². The summed E-state index contributed by atoms with van der Waals surface area (Å²) in [6.45, 7) is 7.09. The molecule has 1 N–H and O–H groups in total. The second-order valence-electron chi connectivity index (χ2n) is 5.76. The third-order valence-electron chi connectivity index (χ3n) is 2.86. The van der Waals surface area contributed by atoms with Crippen LogP contribution in [0, 0.1) is 0 Å². The number of amides is 1. The van der Waals surface area contributed by atoms with E-state index in [-0.39, 0.29) is 5.92 Å². The maximum atomic E-state index is 11.7. The van der Waals surface area contributed by atoms with E-state index in [1.54, 1.807) is 0 Å². The maximum Gasteiger partial charge on any atom is 0.407 e. The number of hydrogen-bond donors (Lipinski definition) is 1. The first-order valence-electron chi connectivity index (χ1n) is 6.55. The molecule has 2 heterocycles. The standard InChI is InChI=1S/C14H19BrN2O3/c1-14(2,3)20-13(18)16-6-9-7-19-8-11-10(9)4-5-12(15)17-11/h4-5,9H,6-8H2,1-3H3,(H,16,18). The number of halogens is 1. The highest BCUT2D eigenvalue weighted by Crippen LogP contribution is 2.26. The van der Waals surface area contributed by atoms with Gasteiger partial charge in [0.2, 0.25) is 0 Å². The normalized spacial score (nSPS) is 18.3. The lowest BCUT2D eigenvalue weighted by atomic mass is 9.96. The first kappa shape index (κ1) is 15.3. The van der Waals surface area contributed by atoms with E-state index in [2.05, 4.69) is 26.2 Å².